The Labute approximate surface area is 117 Å². The Morgan fingerprint density at radius 1 is 1.35 bits per heavy atom. The maximum absolute atomic E-state index is 6.17. The average molecular weight is 276 g/mol. The molecule has 0 amide bonds. The van der Waals surface area contributed by atoms with Crippen molar-refractivity contribution in [1.82, 2.24) is 15.0 Å². The molecule has 6 heteroatoms. The second-order valence-electron chi connectivity index (χ2n) is 5.37. The molecule has 1 atom stereocenters. The van der Waals surface area contributed by atoms with Gasteiger partial charge in [-0.25, -0.2) is 0 Å². The molecule has 1 unspecified atom stereocenters. The van der Waals surface area contributed by atoms with Crippen LogP contribution in [0, 0.1) is 6.92 Å². The Morgan fingerprint density at radius 2 is 2.15 bits per heavy atom. The van der Waals surface area contributed by atoms with Gasteiger partial charge in [0.2, 0.25) is 0 Å². The zero-order valence-corrected chi connectivity index (χ0v) is 11.7. The maximum atomic E-state index is 6.17. The minimum Gasteiger partial charge on any atom is -0.469 e. The van der Waals surface area contributed by atoms with Gasteiger partial charge in [-0.3, -0.25) is 0 Å². The molecule has 3 heterocycles. The van der Waals surface area contributed by atoms with Crippen LogP contribution in [-0.2, 0) is 0 Å². The van der Waals surface area contributed by atoms with Gasteiger partial charge in [0.05, 0.1) is 11.6 Å². The Bertz CT molecular complexity index is 557. The lowest BCUT2D eigenvalue weighted by molar-refractivity contribution is 0.213. The van der Waals surface area contributed by atoms with Crippen molar-refractivity contribution in [3.05, 3.63) is 23.9 Å². The van der Waals surface area contributed by atoms with E-state index in [0.29, 0.717) is 11.7 Å². The monoisotopic (exact) mass is 276 g/mol. The number of likely N-dealkylation sites (tertiary alicyclic amines) is 1. The third-order valence-corrected chi connectivity index (χ3v) is 3.65. The molecule has 6 nitrogen and oxygen atoms in total. The lowest BCUT2D eigenvalue weighted by atomic mass is 10.1. The van der Waals surface area contributed by atoms with Gasteiger partial charge in [-0.15, -0.1) is 0 Å². The minimum atomic E-state index is -0.210. The van der Waals surface area contributed by atoms with Crippen molar-refractivity contribution in [1.29, 1.82) is 0 Å². The van der Waals surface area contributed by atoms with Crippen LogP contribution in [0.5, 0.6) is 0 Å². The number of nitrogens with two attached hydrogens (primary N) is 1. The van der Waals surface area contributed by atoms with E-state index in [1.807, 2.05) is 13.0 Å². The van der Waals surface area contributed by atoms with Gasteiger partial charge < -0.3 is 19.6 Å². The molecule has 0 saturated carbocycles. The fraction of sp³-hybridized carbons (Fsp3) is 0.571. The highest BCUT2D eigenvalue weighted by Gasteiger charge is 2.20. The molecule has 1 aliphatic heterocycles. The summed E-state index contributed by atoms with van der Waals surface area (Å²) in [6.45, 7) is 4.88. The molecule has 0 spiro atoms. The van der Waals surface area contributed by atoms with Gasteiger partial charge in [-0.05, 0) is 38.9 Å². The molecule has 2 aromatic rings. The first-order chi connectivity index (χ1) is 9.72. The maximum Gasteiger partial charge on any atom is 0.261 e. The Kier molecular flexibility index (Phi) is 3.84. The van der Waals surface area contributed by atoms with E-state index in [9.17, 15) is 0 Å². The van der Waals surface area contributed by atoms with Crippen LogP contribution < -0.4 is 5.73 Å². The van der Waals surface area contributed by atoms with Crippen molar-refractivity contribution in [3.8, 4) is 11.5 Å². The highest BCUT2D eigenvalue weighted by molar-refractivity contribution is 5.51. The number of nitrogens with zero attached hydrogens (tertiary/aromatic N) is 3. The van der Waals surface area contributed by atoms with Crippen LogP contribution in [0.15, 0.2) is 21.3 Å². The van der Waals surface area contributed by atoms with Crippen molar-refractivity contribution < 1.29 is 8.94 Å². The molecule has 1 aliphatic rings. The van der Waals surface area contributed by atoms with Crippen molar-refractivity contribution in [2.24, 2.45) is 5.73 Å². The van der Waals surface area contributed by atoms with Gasteiger partial charge in [-0.2, -0.15) is 4.98 Å². The van der Waals surface area contributed by atoms with Crippen LogP contribution >= 0.6 is 0 Å². The van der Waals surface area contributed by atoms with E-state index < -0.39 is 0 Å². The molecule has 3 rings (SSSR count). The van der Waals surface area contributed by atoms with Crippen LogP contribution in [0.1, 0.15) is 36.9 Å². The van der Waals surface area contributed by atoms with E-state index in [4.69, 9.17) is 14.7 Å². The van der Waals surface area contributed by atoms with E-state index in [-0.39, 0.29) is 6.04 Å². The summed E-state index contributed by atoms with van der Waals surface area (Å²) < 4.78 is 10.5. The van der Waals surface area contributed by atoms with Crippen LogP contribution in [0.3, 0.4) is 0 Å². The number of rotatable bonds is 4. The SMILES string of the molecule is Cc1cc(-c2nc(C(N)CN3CCCCC3)no2)co1. The first kappa shape index (κ1) is 13.3. The summed E-state index contributed by atoms with van der Waals surface area (Å²) in [5.41, 5.74) is 6.97. The third kappa shape index (κ3) is 2.91. The molecular weight excluding hydrogens is 256 g/mol. The second kappa shape index (κ2) is 5.76. The molecule has 2 N–H and O–H groups in total. The lowest BCUT2D eigenvalue weighted by Crippen LogP contribution is -2.36. The van der Waals surface area contributed by atoms with Crippen molar-refractivity contribution in [2.45, 2.75) is 32.2 Å². The molecular formula is C14H20N4O2. The number of aromatic nitrogens is 2. The van der Waals surface area contributed by atoms with Gasteiger partial charge in [0.1, 0.15) is 12.0 Å². The smallest absolute Gasteiger partial charge is 0.261 e. The molecule has 1 fully saturated rings. The first-order valence-corrected chi connectivity index (χ1v) is 7.09. The van der Waals surface area contributed by atoms with Crippen molar-refractivity contribution >= 4 is 0 Å². The van der Waals surface area contributed by atoms with E-state index in [1.54, 1.807) is 6.26 Å². The van der Waals surface area contributed by atoms with Gasteiger partial charge >= 0.3 is 0 Å². The lowest BCUT2D eigenvalue weighted by Gasteiger charge is -2.27. The highest BCUT2D eigenvalue weighted by Crippen LogP contribution is 2.21. The molecule has 1 saturated heterocycles. The molecule has 2 aromatic heterocycles. The number of furan rings is 1. The number of hydrogen-bond acceptors (Lipinski definition) is 6. The Balaban J connectivity index is 1.66. The normalized spacial score (nSPS) is 18.3. The number of hydrogen-bond donors (Lipinski definition) is 1. The second-order valence-corrected chi connectivity index (χ2v) is 5.37. The minimum absolute atomic E-state index is 0.210. The first-order valence-electron chi connectivity index (χ1n) is 7.09. The zero-order chi connectivity index (χ0) is 13.9. The summed E-state index contributed by atoms with van der Waals surface area (Å²) in [5, 5.41) is 3.99. The molecule has 0 bridgehead atoms. The standard InChI is InChI=1S/C14H20N4O2/c1-10-7-11(9-19-10)14-16-13(17-20-14)12(15)8-18-5-3-2-4-6-18/h7,9,12H,2-6,8,15H2,1H3. The van der Waals surface area contributed by atoms with Gasteiger partial charge in [-0.1, -0.05) is 11.6 Å². The largest absolute Gasteiger partial charge is 0.469 e. The van der Waals surface area contributed by atoms with Gasteiger partial charge in [0.15, 0.2) is 5.82 Å². The predicted octanol–water partition coefficient (Wildman–Crippen LogP) is 2.12. The van der Waals surface area contributed by atoms with E-state index in [1.165, 1.54) is 19.3 Å². The predicted molar refractivity (Wildman–Crippen MR) is 74.0 cm³/mol. The van der Waals surface area contributed by atoms with Crippen molar-refractivity contribution in [2.75, 3.05) is 19.6 Å². The fourth-order valence-corrected chi connectivity index (χ4v) is 2.56. The highest BCUT2D eigenvalue weighted by atomic mass is 16.5. The Hall–Kier alpha value is -1.66. The summed E-state index contributed by atoms with van der Waals surface area (Å²) >= 11 is 0. The topological polar surface area (TPSA) is 81.3 Å². The zero-order valence-electron chi connectivity index (χ0n) is 11.7. The van der Waals surface area contributed by atoms with Gasteiger partial charge in [0.25, 0.3) is 5.89 Å². The van der Waals surface area contributed by atoms with Crippen LogP contribution in [-0.4, -0.2) is 34.7 Å². The fourth-order valence-electron chi connectivity index (χ4n) is 2.56. The molecule has 0 aliphatic carbocycles. The summed E-state index contributed by atoms with van der Waals surface area (Å²) in [4.78, 5) is 6.74. The van der Waals surface area contributed by atoms with Crippen LogP contribution in [0.2, 0.25) is 0 Å². The Morgan fingerprint density at radius 3 is 2.85 bits per heavy atom. The molecule has 0 radical (unpaired) electrons. The number of piperidine rings is 1. The van der Waals surface area contributed by atoms with E-state index in [2.05, 4.69) is 15.0 Å². The summed E-state index contributed by atoms with van der Waals surface area (Å²) in [6, 6.07) is 1.66. The molecule has 0 aromatic carbocycles. The van der Waals surface area contributed by atoms with Gasteiger partial charge in [0, 0.05) is 6.54 Å². The third-order valence-electron chi connectivity index (χ3n) is 3.65. The van der Waals surface area contributed by atoms with E-state index >= 15 is 0 Å². The van der Waals surface area contributed by atoms with E-state index in [0.717, 1.165) is 31.0 Å². The molecule has 20 heavy (non-hydrogen) atoms. The summed E-state index contributed by atoms with van der Waals surface area (Å²) in [7, 11) is 0. The molecule has 108 valence electrons. The quantitative estimate of drug-likeness (QED) is 0.921. The average Bonchev–Trinajstić information content (AvgIpc) is 3.08. The summed E-state index contributed by atoms with van der Waals surface area (Å²) in [5.74, 6) is 1.84. The van der Waals surface area contributed by atoms with Crippen LogP contribution in [0.25, 0.3) is 11.5 Å². The van der Waals surface area contributed by atoms with Crippen LogP contribution in [0.4, 0.5) is 0 Å². The summed E-state index contributed by atoms with van der Waals surface area (Å²) in [6.07, 6.45) is 5.43. The number of aryl methyl sites for hydroxylation is 1. The van der Waals surface area contributed by atoms with Crippen molar-refractivity contribution in [3.63, 3.8) is 0 Å².